The van der Waals surface area contributed by atoms with E-state index in [9.17, 15) is 9.59 Å². The number of rotatable bonds is 4. The van der Waals surface area contributed by atoms with Gasteiger partial charge >= 0.3 is 0 Å². The molecule has 27 heavy (non-hydrogen) atoms. The van der Waals surface area contributed by atoms with E-state index < -0.39 is 0 Å². The topological polar surface area (TPSA) is 52.7 Å². The molecular formula is C22H25N3O2. The van der Waals surface area contributed by atoms with Gasteiger partial charge in [0, 0.05) is 31.0 Å². The van der Waals surface area contributed by atoms with Crippen molar-refractivity contribution in [3.8, 4) is 0 Å². The van der Waals surface area contributed by atoms with Crippen LogP contribution in [0.4, 0.5) is 11.4 Å². The molecule has 1 saturated heterocycles. The molecule has 2 aromatic carbocycles. The summed E-state index contributed by atoms with van der Waals surface area (Å²) in [5, 5.41) is 3.23. The first kappa shape index (κ1) is 17.6. The Morgan fingerprint density at radius 2 is 1.78 bits per heavy atom. The highest BCUT2D eigenvalue weighted by atomic mass is 16.2. The summed E-state index contributed by atoms with van der Waals surface area (Å²) in [5.74, 6) is 0.0908. The zero-order chi connectivity index (χ0) is 18.8. The number of carbonyl (C=O) groups is 2. The van der Waals surface area contributed by atoms with Gasteiger partial charge in [-0.25, -0.2) is 0 Å². The van der Waals surface area contributed by atoms with Crippen LogP contribution in [0.5, 0.6) is 0 Å². The van der Waals surface area contributed by atoms with Gasteiger partial charge in [-0.05, 0) is 49.4 Å². The number of carbonyl (C=O) groups excluding carboxylic acids is 2. The maximum absolute atomic E-state index is 12.9. The summed E-state index contributed by atoms with van der Waals surface area (Å²) >= 11 is 0. The average molecular weight is 363 g/mol. The summed E-state index contributed by atoms with van der Waals surface area (Å²) in [6, 6.07) is 13.8. The summed E-state index contributed by atoms with van der Waals surface area (Å²) in [6.07, 6.45) is 3.02. The van der Waals surface area contributed by atoms with Crippen LogP contribution in [0.2, 0.25) is 0 Å². The third kappa shape index (κ3) is 3.42. The van der Waals surface area contributed by atoms with E-state index in [0.717, 1.165) is 49.3 Å². The quantitative estimate of drug-likeness (QED) is 0.907. The molecule has 0 saturated carbocycles. The van der Waals surface area contributed by atoms with Gasteiger partial charge in [0.25, 0.3) is 5.91 Å². The SMILES string of the molecule is Cc1cccc(NCC(=O)N2CCc3ccccc32)c1C(=O)N1CCCC1. The molecule has 0 aliphatic carbocycles. The van der Waals surface area contributed by atoms with Crippen molar-refractivity contribution in [3.63, 3.8) is 0 Å². The molecule has 2 amide bonds. The summed E-state index contributed by atoms with van der Waals surface area (Å²) in [4.78, 5) is 29.5. The van der Waals surface area contributed by atoms with Gasteiger partial charge in [-0.1, -0.05) is 30.3 Å². The molecule has 0 spiro atoms. The van der Waals surface area contributed by atoms with Gasteiger partial charge < -0.3 is 15.1 Å². The Morgan fingerprint density at radius 3 is 2.59 bits per heavy atom. The van der Waals surface area contributed by atoms with Crippen LogP contribution >= 0.6 is 0 Å². The summed E-state index contributed by atoms with van der Waals surface area (Å²) in [5.41, 5.74) is 4.59. The number of benzene rings is 2. The minimum absolute atomic E-state index is 0.0287. The lowest BCUT2D eigenvalue weighted by Gasteiger charge is -2.21. The number of anilines is 2. The normalized spacial score (nSPS) is 15.7. The maximum Gasteiger partial charge on any atom is 0.256 e. The van der Waals surface area contributed by atoms with Crippen molar-refractivity contribution in [2.75, 3.05) is 36.4 Å². The van der Waals surface area contributed by atoms with Crippen molar-refractivity contribution < 1.29 is 9.59 Å². The summed E-state index contributed by atoms with van der Waals surface area (Å²) in [7, 11) is 0. The fourth-order valence-corrected chi connectivity index (χ4v) is 4.04. The van der Waals surface area contributed by atoms with E-state index in [4.69, 9.17) is 0 Å². The zero-order valence-electron chi connectivity index (χ0n) is 15.7. The van der Waals surface area contributed by atoms with Crippen LogP contribution in [0, 0.1) is 6.92 Å². The highest BCUT2D eigenvalue weighted by molar-refractivity contribution is 6.03. The predicted octanol–water partition coefficient (Wildman–Crippen LogP) is 3.23. The zero-order valence-corrected chi connectivity index (χ0v) is 15.7. The molecule has 2 heterocycles. The smallest absolute Gasteiger partial charge is 0.256 e. The highest BCUT2D eigenvalue weighted by Gasteiger charge is 2.26. The predicted molar refractivity (Wildman–Crippen MR) is 107 cm³/mol. The molecule has 2 aromatic rings. The number of likely N-dealkylation sites (tertiary alicyclic amines) is 1. The van der Waals surface area contributed by atoms with Gasteiger partial charge in [-0.3, -0.25) is 9.59 Å². The number of fused-ring (bicyclic) bond motifs is 1. The second-order valence-corrected chi connectivity index (χ2v) is 7.27. The lowest BCUT2D eigenvalue weighted by atomic mass is 10.0. The molecule has 0 aromatic heterocycles. The number of aryl methyl sites for hydroxylation is 1. The fourth-order valence-electron chi connectivity index (χ4n) is 4.04. The van der Waals surface area contributed by atoms with Crippen LogP contribution in [-0.2, 0) is 11.2 Å². The number of nitrogens with zero attached hydrogens (tertiary/aromatic N) is 2. The van der Waals surface area contributed by atoms with Gasteiger partial charge in [-0.15, -0.1) is 0 Å². The summed E-state index contributed by atoms with van der Waals surface area (Å²) < 4.78 is 0. The maximum atomic E-state index is 12.9. The molecule has 1 N–H and O–H groups in total. The van der Waals surface area contributed by atoms with Gasteiger partial charge in [0.05, 0.1) is 12.1 Å². The molecular weight excluding hydrogens is 338 g/mol. The fraction of sp³-hybridized carbons (Fsp3) is 0.364. The van der Waals surface area contributed by atoms with Gasteiger partial charge in [-0.2, -0.15) is 0 Å². The van der Waals surface area contributed by atoms with Crippen molar-refractivity contribution in [1.82, 2.24) is 4.90 Å². The highest BCUT2D eigenvalue weighted by Crippen LogP contribution is 2.28. The third-order valence-corrected chi connectivity index (χ3v) is 5.50. The van der Waals surface area contributed by atoms with Crippen LogP contribution in [0.3, 0.4) is 0 Å². The number of amides is 2. The van der Waals surface area contributed by atoms with E-state index in [1.54, 1.807) is 0 Å². The minimum Gasteiger partial charge on any atom is -0.375 e. The van der Waals surface area contributed by atoms with Gasteiger partial charge in [0.2, 0.25) is 5.91 Å². The van der Waals surface area contributed by atoms with E-state index in [0.29, 0.717) is 12.1 Å². The van der Waals surface area contributed by atoms with Crippen LogP contribution < -0.4 is 10.2 Å². The summed E-state index contributed by atoms with van der Waals surface area (Å²) in [6.45, 7) is 4.48. The molecule has 4 rings (SSSR count). The van der Waals surface area contributed by atoms with E-state index in [1.165, 1.54) is 5.56 Å². The molecule has 0 radical (unpaired) electrons. The monoisotopic (exact) mass is 363 g/mol. The minimum atomic E-state index is 0.0287. The van der Waals surface area contributed by atoms with Crippen molar-refractivity contribution >= 4 is 23.2 Å². The van der Waals surface area contributed by atoms with Crippen molar-refractivity contribution in [3.05, 3.63) is 59.2 Å². The van der Waals surface area contributed by atoms with Crippen LogP contribution in [-0.4, -0.2) is 42.9 Å². The molecule has 2 aliphatic heterocycles. The molecule has 2 aliphatic rings. The standard InChI is InChI=1S/C22H25N3O2/c1-16-7-6-9-18(21(16)22(27)24-12-4-5-13-24)23-15-20(26)25-14-11-17-8-2-3-10-19(17)25/h2-3,6-10,23H,4-5,11-15H2,1H3. The van der Waals surface area contributed by atoms with Crippen molar-refractivity contribution in [2.45, 2.75) is 26.2 Å². The van der Waals surface area contributed by atoms with E-state index in [2.05, 4.69) is 11.4 Å². The Hall–Kier alpha value is -2.82. The second kappa shape index (κ2) is 7.43. The van der Waals surface area contributed by atoms with Gasteiger partial charge in [0.1, 0.15) is 0 Å². The molecule has 5 nitrogen and oxygen atoms in total. The first-order chi connectivity index (χ1) is 13.1. The number of hydrogen-bond acceptors (Lipinski definition) is 3. The van der Waals surface area contributed by atoms with Crippen LogP contribution in [0.1, 0.15) is 34.3 Å². The Labute approximate surface area is 160 Å². The third-order valence-electron chi connectivity index (χ3n) is 5.50. The number of nitrogens with one attached hydrogen (secondary N) is 1. The van der Waals surface area contributed by atoms with E-state index in [-0.39, 0.29) is 18.4 Å². The molecule has 140 valence electrons. The Kier molecular flexibility index (Phi) is 4.84. The van der Waals surface area contributed by atoms with Gasteiger partial charge in [0.15, 0.2) is 0 Å². The first-order valence-electron chi connectivity index (χ1n) is 9.66. The Balaban J connectivity index is 1.49. The van der Waals surface area contributed by atoms with Crippen molar-refractivity contribution in [2.24, 2.45) is 0 Å². The van der Waals surface area contributed by atoms with E-state index in [1.807, 2.05) is 53.1 Å². The van der Waals surface area contributed by atoms with Crippen molar-refractivity contribution in [1.29, 1.82) is 0 Å². The lowest BCUT2D eigenvalue weighted by Crippen LogP contribution is -2.35. The van der Waals surface area contributed by atoms with Crippen LogP contribution in [0.25, 0.3) is 0 Å². The first-order valence-corrected chi connectivity index (χ1v) is 9.66. The Morgan fingerprint density at radius 1 is 1.00 bits per heavy atom. The molecule has 0 unspecified atom stereocenters. The largest absolute Gasteiger partial charge is 0.375 e. The lowest BCUT2D eigenvalue weighted by molar-refractivity contribution is -0.116. The molecule has 1 fully saturated rings. The molecule has 5 heteroatoms. The average Bonchev–Trinajstić information content (AvgIpc) is 3.35. The van der Waals surface area contributed by atoms with E-state index >= 15 is 0 Å². The number of hydrogen-bond donors (Lipinski definition) is 1. The molecule has 0 atom stereocenters. The number of para-hydroxylation sites is 1. The second-order valence-electron chi connectivity index (χ2n) is 7.27. The Bertz CT molecular complexity index is 872. The van der Waals surface area contributed by atoms with Crippen LogP contribution in [0.15, 0.2) is 42.5 Å². The molecule has 0 bridgehead atoms.